The Balaban J connectivity index is 1.94. The molecule has 1 heterocycles. The average molecular weight is 253 g/mol. The van der Waals surface area contributed by atoms with Gasteiger partial charge in [0.1, 0.15) is 0 Å². The highest BCUT2D eigenvalue weighted by Crippen LogP contribution is 2.31. The molecule has 4 nitrogen and oxygen atoms in total. The number of methoxy groups -OCH3 is 1. The van der Waals surface area contributed by atoms with Crippen molar-refractivity contribution in [2.24, 2.45) is 0 Å². The van der Waals surface area contributed by atoms with E-state index in [2.05, 4.69) is 22.2 Å². The van der Waals surface area contributed by atoms with Crippen molar-refractivity contribution in [3.05, 3.63) is 12.4 Å². The summed E-state index contributed by atoms with van der Waals surface area (Å²) in [6.07, 6.45) is 7.21. The summed E-state index contributed by atoms with van der Waals surface area (Å²) in [5.74, 6) is 2.58. The summed E-state index contributed by atoms with van der Waals surface area (Å²) in [6.45, 7) is 2.21. The molecule has 0 radical (unpaired) electrons. The highest BCUT2D eigenvalue weighted by atomic mass is 32.2. The quantitative estimate of drug-likeness (QED) is 0.874. The number of hydrogen-bond acceptors (Lipinski definition) is 5. The molecule has 2 atom stereocenters. The van der Waals surface area contributed by atoms with Crippen LogP contribution in [0.25, 0.3) is 0 Å². The minimum absolute atomic E-state index is 0.508. The number of nitrogens with one attached hydrogen (secondary N) is 1. The van der Waals surface area contributed by atoms with Gasteiger partial charge in [0.05, 0.1) is 19.5 Å². The zero-order valence-electron chi connectivity index (χ0n) is 10.3. The molecule has 1 saturated carbocycles. The van der Waals surface area contributed by atoms with Crippen molar-refractivity contribution < 1.29 is 4.74 Å². The lowest BCUT2D eigenvalue weighted by Gasteiger charge is -2.19. The third kappa shape index (κ3) is 3.25. The van der Waals surface area contributed by atoms with E-state index in [1.807, 2.05) is 11.8 Å². The van der Waals surface area contributed by atoms with Crippen LogP contribution in [0, 0.1) is 0 Å². The molecule has 2 rings (SSSR count). The van der Waals surface area contributed by atoms with E-state index in [0.717, 1.165) is 0 Å². The zero-order chi connectivity index (χ0) is 12.1. The molecule has 0 aromatic carbocycles. The third-order valence-electron chi connectivity index (χ3n) is 3.01. The van der Waals surface area contributed by atoms with Crippen LogP contribution in [0.15, 0.2) is 12.4 Å². The largest absolute Gasteiger partial charge is 0.494 e. The van der Waals surface area contributed by atoms with Gasteiger partial charge in [0, 0.05) is 11.3 Å². The fourth-order valence-corrected chi connectivity index (χ4v) is 3.36. The van der Waals surface area contributed by atoms with E-state index < -0.39 is 0 Å². The fraction of sp³-hybridized carbons (Fsp3) is 0.667. The zero-order valence-corrected chi connectivity index (χ0v) is 11.2. The van der Waals surface area contributed by atoms with Crippen molar-refractivity contribution in [1.82, 2.24) is 9.97 Å². The molecule has 5 heteroatoms. The molecule has 0 aliphatic heterocycles. The molecule has 17 heavy (non-hydrogen) atoms. The molecule has 1 fully saturated rings. The summed E-state index contributed by atoms with van der Waals surface area (Å²) < 4.78 is 5.04. The summed E-state index contributed by atoms with van der Waals surface area (Å²) in [4.78, 5) is 8.50. The minimum Gasteiger partial charge on any atom is -0.494 e. The Morgan fingerprint density at radius 3 is 2.82 bits per heavy atom. The Morgan fingerprint density at radius 1 is 1.41 bits per heavy atom. The molecule has 1 N–H and O–H groups in total. The second-order valence-electron chi connectivity index (χ2n) is 4.12. The molecule has 1 aromatic heterocycles. The minimum atomic E-state index is 0.508. The Bertz CT molecular complexity index is 344. The maximum absolute atomic E-state index is 5.04. The number of aromatic nitrogens is 2. The van der Waals surface area contributed by atoms with Crippen molar-refractivity contribution in [3.8, 4) is 5.75 Å². The predicted octanol–water partition coefficient (Wildman–Crippen LogP) is 2.57. The van der Waals surface area contributed by atoms with Crippen LogP contribution < -0.4 is 10.1 Å². The molecule has 1 aromatic rings. The van der Waals surface area contributed by atoms with Crippen LogP contribution in [0.1, 0.15) is 26.2 Å². The van der Waals surface area contributed by atoms with E-state index in [9.17, 15) is 0 Å². The Labute approximate surface area is 107 Å². The molecular formula is C12H19N3OS. The normalized spacial score (nSPS) is 23.6. The highest BCUT2D eigenvalue weighted by Gasteiger charge is 2.27. The second kappa shape index (κ2) is 6.10. The van der Waals surface area contributed by atoms with Gasteiger partial charge >= 0.3 is 0 Å². The molecule has 0 spiro atoms. The average Bonchev–Trinajstić information content (AvgIpc) is 2.78. The summed E-state index contributed by atoms with van der Waals surface area (Å²) >= 11 is 2.03. The van der Waals surface area contributed by atoms with E-state index in [1.54, 1.807) is 19.5 Å². The highest BCUT2D eigenvalue weighted by molar-refractivity contribution is 7.99. The Kier molecular flexibility index (Phi) is 4.48. The molecule has 0 amide bonds. The molecule has 0 saturated heterocycles. The lowest BCUT2D eigenvalue weighted by Crippen LogP contribution is -2.27. The third-order valence-corrected chi connectivity index (χ3v) is 4.34. The SMILES string of the molecule is CCSC1CCCC1Nc1ncc(OC)cn1. The van der Waals surface area contributed by atoms with Crippen molar-refractivity contribution in [2.75, 3.05) is 18.2 Å². The number of anilines is 1. The number of nitrogens with zero attached hydrogens (tertiary/aromatic N) is 2. The maximum atomic E-state index is 5.04. The van der Waals surface area contributed by atoms with E-state index in [1.165, 1.54) is 25.0 Å². The first kappa shape index (κ1) is 12.5. The summed E-state index contributed by atoms with van der Waals surface area (Å²) in [6, 6.07) is 0.508. The van der Waals surface area contributed by atoms with Crippen LogP contribution in [-0.2, 0) is 0 Å². The van der Waals surface area contributed by atoms with Crippen LogP contribution in [0.2, 0.25) is 0 Å². The molecule has 1 aliphatic carbocycles. The Hall–Kier alpha value is -0.970. The molecule has 94 valence electrons. The topological polar surface area (TPSA) is 47.0 Å². The van der Waals surface area contributed by atoms with Crippen LogP contribution in [-0.4, -0.2) is 34.1 Å². The van der Waals surface area contributed by atoms with Gasteiger partial charge in [-0.15, -0.1) is 0 Å². The van der Waals surface area contributed by atoms with Gasteiger partial charge in [-0.3, -0.25) is 0 Å². The van der Waals surface area contributed by atoms with E-state index in [-0.39, 0.29) is 0 Å². The first-order chi connectivity index (χ1) is 8.33. The van der Waals surface area contributed by atoms with Gasteiger partial charge in [0.25, 0.3) is 0 Å². The van der Waals surface area contributed by atoms with Gasteiger partial charge < -0.3 is 10.1 Å². The maximum Gasteiger partial charge on any atom is 0.223 e. The lowest BCUT2D eigenvalue weighted by molar-refractivity contribution is 0.411. The van der Waals surface area contributed by atoms with Gasteiger partial charge in [-0.1, -0.05) is 13.3 Å². The van der Waals surface area contributed by atoms with E-state index >= 15 is 0 Å². The van der Waals surface area contributed by atoms with Crippen LogP contribution in [0.3, 0.4) is 0 Å². The number of rotatable bonds is 5. The van der Waals surface area contributed by atoms with Crippen LogP contribution in [0.5, 0.6) is 5.75 Å². The molecule has 0 bridgehead atoms. The monoisotopic (exact) mass is 253 g/mol. The van der Waals surface area contributed by atoms with Gasteiger partial charge in [-0.05, 0) is 18.6 Å². The van der Waals surface area contributed by atoms with Gasteiger partial charge in [0.15, 0.2) is 5.75 Å². The van der Waals surface area contributed by atoms with E-state index in [0.29, 0.717) is 23.0 Å². The predicted molar refractivity (Wildman–Crippen MR) is 71.8 cm³/mol. The van der Waals surface area contributed by atoms with Gasteiger partial charge in [-0.25, -0.2) is 9.97 Å². The number of ether oxygens (including phenoxy) is 1. The van der Waals surface area contributed by atoms with Crippen molar-refractivity contribution in [1.29, 1.82) is 0 Å². The summed E-state index contributed by atoms with van der Waals surface area (Å²) in [5, 5.41) is 4.13. The van der Waals surface area contributed by atoms with Crippen molar-refractivity contribution in [2.45, 2.75) is 37.5 Å². The standard InChI is InChI=1S/C12H19N3OS/c1-3-17-11-6-4-5-10(11)15-12-13-7-9(16-2)8-14-12/h7-8,10-11H,3-6H2,1-2H3,(H,13,14,15). The van der Waals surface area contributed by atoms with Crippen LogP contribution >= 0.6 is 11.8 Å². The first-order valence-corrected chi connectivity index (χ1v) is 7.12. The van der Waals surface area contributed by atoms with E-state index in [4.69, 9.17) is 4.74 Å². The smallest absolute Gasteiger partial charge is 0.223 e. The first-order valence-electron chi connectivity index (χ1n) is 6.07. The second-order valence-corrected chi connectivity index (χ2v) is 5.64. The summed E-state index contributed by atoms with van der Waals surface area (Å²) in [5.41, 5.74) is 0. The molecule has 2 unspecified atom stereocenters. The Morgan fingerprint density at radius 2 is 2.18 bits per heavy atom. The van der Waals surface area contributed by atoms with Crippen molar-refractivity contribution in [3.63, 3.8) is 0 Å². The number of thioether (sulfide) groups is 1. The lowest BCUT2D eigenvalue weighted by atomic mass is 10.2. The van der Waals surface area contributed by atoms with Crippen molar-refractivity contribution >= 4 is 17.7 Å². The summed E-state index contributed by atoms with van der Waals surface area (Å²) in [7, 11) is 1.62. The van der Waals surface area contributed by atoms with Gasteiger partial charge in [0.2, 0.25) is 5.95 Å². The number of hydrogen-bond donors (Lipinski definition) is 1. The molecule has 1 aliphatic rings. The van der Waals surface area contributed by atoms with Gasteiger partial charge in [-0.2, -0.15) is 11.8 Å². The molecular weight excluding hydrogens is 234 g/mol. The van der Waals surface area contributed by atoms with Crippen LogP contribution in [0.4, 0.5) is 5.95 Å². The fourth-order valence-electron chi connectivity index (χ4n) is 2.17.